The summed E-state index contributed by atoms with van der Waals surface area (Å²) in [6.45, 7) is 0. The van der Waals surface area contributed by atoms with Gasteiger partial charge in [-0.25, -0.2) is 0 Å². The van der Waals surface area contributed by atoms with Crippen LogP contribution in [0.5, 0.6) is 0 Å². The van der Waals surface area contributed by atoms with Gasteiger partial charge in [-0.2, -0.15) is 0 Å². The van der Waals surface area contributed by atoms with Crippen molar-refractivity contribution in [3.05, 3.63) is 11.6 Å². The van der Waals surface area contributed by atoms with Gasteiger partial charge in [-0.1, -0.05) is 18.1 Å². The first-order chi connectivity index (χ1) is 6.36. The molecule has 0 aliphatic heterocycles. The normalized spacial score (nSPS) is 48.5. The first-order valence-corrected chi connectivity index (χ1v) is 5.74. The fraction of sp³-hybridized carbons (Fsp3) is 0.833. The van der Waals surface area contributed by atoms with Crippen LogP contribution in [0, 0.1) is 17.8 Å². The topological polar surface area (TPSA) is 20.2 Å². The molecular formula is C12H18O. The first kappa shape index (κ1) is 8.05. The van der Waals surface area contributed by atoms with Gasteiger partial charge in [-0.15, -0.1) is 0 Å². The van der Waals surface area contributed by atoms with E-state index in [9.17, 15) is 5.11 Å². The number of hydrogen-bond acceptors (Lipinski definition) is 1. The Morgan fingerprint density at radius 1 is 1.23 bits per heavy atom. The van der Waals surface area contributed by atoms with Crippen LogP contribution in [-0.2, 0) is 0 Å². The van der Waals surface area contributed by atoms with E-state index in [0.29, 0.717) is 5.92 Å². The molecule has 13 heavy (non-hydrogen) atoms. The van der Waals surface area contributed by atoms with E-state index >= 15 is 0 Å². The summed E-state index contributed by atoms with van der Waals surface area (Å²) >= 11 is 0. The molecule has 3 rings (SSSR count). The minimum atomic E-state index is -0.00639. The molecule has 0 aromatic heterocycles. The maximum Gasteiger partial charge on any atom is 0.0608 e. The fourth-order valence-electron chi connectivity index (χ4n) is 3.83. The van der Waals surface area contributed by atoms with E-state index in [1.165, 1.54) is 32.1 Å². The van der Waals surface area contributed by atoms with Crippen molar-refractivity contribution in [1.82, 2.24) is 0 Å². The summed E-state index contributed by atoms with van der Waals surface area (Å²) in [6, 6.07) is 0. The molecule has 0 aromatic rings. The summed E-state index contributed by atoms with van der Waals surface area (Å²) in [5, 5.41) is 9.99. The number of allylic oxidation sites excluding steroid dienone is 1. The van der Waals surface area contributed by atoms with Crippen molar-refractivity contribution in [1.29, 1.82) is 0 Å². The van der Waals surface area contributed by atoms with Gasteiger partial charge in [0.05, 0.1) is 6.10 Å². The molecule has 0 bridgehead atoms. The molecule has 2 fully saturated rings. The van der Waals surface area contributed by atoms with Crippen LogP contribution in [0.4, 0.5) is 0 Å². The van der Waals surface area contributed by atoms with Gasteiger partial charge in [-0.3, -0.25) is 0 Å². The Labute approximate surface area is 79.8 Å². The van der Waals surface area contributed by atoms with Gasteiger partial charge >= 0.3 is 0 Å². The van der Waals surface area contributed by atoms with Crippen molar-refractivity contribution < 1.29 is 5.11 Å². The third kappa shape index (κ3) is 1.10. The van der Waals surface area contributed by atoms with Gasteiger partial charge < -0.3 is 5.11 Å². The molecule has 0 heterocycles. The SMILES string of the molecule is OC1CCCC2CC3CCC=C3C12. The van der Waals surface area contributed by atoms with Crippen LogP contribution in [0.25, 0.3) is 0 Å². The van der Waals surface area contributed by atoms with Gasteiger partial charge in [0, 0.05) is 5.92 Å². The van der Waals surface area contributed by atoms with Crippen molar-refractivity contribution in [3.8, 4) is 0 Å². The number of aliphatic hydroxyl groups excluding tert-OH is 1. The summed E-state index contributed by atoms with van der Waals surface area (Å²) in [5.41, 5.74) is 1.64. The van der Waals surface area contributed by atoms with Gasteiger partial charge in [0.1, 0.15) is 0 Å². The van der Waals surface area contributed by atoms with Crippen molar-refractivity contribution >= 4 is 0 Å². The van der Waals surface area contributed by atoms with E-state index in [0.717, 1.165) is 18.3 Å². The molecule has 2 saturated carbocycles. The van der Waals surface area contributed by atoms with Crippen LogP contribution in [0.2, 0.25) is 0 Å². The maximum absolute atomic E-state index is 9.99. The van der Waals surface area contributed by atoms with E-state index < -0.39 is 0 Å². The van der Waals surface area contributed by atoms with Crippen molar-refractivity contribution in [2.45, 2.75) is 44.6 Å². The minimum Gasteiger partial charge on any atom is -0.392 e. The Bertz CT molecular complexity index is 244. The average Bonchev–Trinajstić information content (AvgIpc) is 2.62. The second kappa shape index (κ2) is 2.84. The molecule has 4 unspecified atom stereocenters. The van der Waals surface area contributed by atoms with Crippen LogP contribution in [0.1, 0.15) is 38.5 Å². The smallest absolute Gasteiger partial charge is 0.0608 e. The summed E-state index contributed by atoms with van der Waals surface area (Å²) in [7, 11) is 0. The van der Waals surface area contributed by atoms with E-state index in [-0.39, 0.29) is 6.10 Å². The largest absolute Gasteiger partial charge is 0.392 e. The van der Waals surface area contributed by atoms with Crippen LogP contribution in [0.15, 0.2) is 11.6 Å². The predicted molar refractivity (Wildman–Crippen MR) is 52.3 cm³/mol. The Balaban J connectivity index is 1.90. The van der Waals surface area contributed by atoms with Gasteiger partial charge in [0.25, 0.3) is 0 Å². The summed E-state index contributed by atoms with van der Waals surface area (Å²) < 4.78 is 0. The van der Waals surface area contributed by atoms with Gasteiger partial charge in [-0.05, 0) is 43.9 Å². The predicted octanol–water partition coefficient (Wildman–Crippen LogP) is 2.50. The molecular weight excluding hydrogens is 160 g/mol. The van der Waals surface area contributed by atoms with Crippen molar-refractivity contribution in [2.75, 3.05) is 0 Å². The van der Waals surface area contributed by atoms with Gasteiger partial charge in [0.15, 0.2) is 0 Å². The Hall–Kier alpha value is -0.300. The van der Waals surface area contributed by atoms with Crippen LogP contribution >= 0.6 is 0 Å². The molecule has 0 saturated heterocycles. The molecule has 0 spiro atoms. The lowest BCUT2D eigenvalue weighted by molar-refractivity contribution is 0.0633. The highest BCUT2D eigenvalue weighted by Gasteiger charge is 2.44. The fourth-order valence-corrected chi connectivity index (χ4v) is 3.83. The molecule has 0 aromatic carbocycles. The zero-order valence-corrected chi connectivity index (χ0v) is 8.08. The van der Waals surface area contributed by atoms with Crippen LogP contribution in [-0.4, -0.2) is 11.2 Å². The standard InChI is InChI=1S/C12H18O/c13-11-6-2-4-9-7-8-3-1-5-10(8)12(9)11/h5,8-9,11-13H,1-4,6-7H2. The highest BCUT2D eigenvalue weighted by atomic mass is 16.3. The van der Waals surface area contributed by atoms with E-state index in [1.807, 2.05) is 0 Å². The van der Waals surface area contributed by atoms with E-state index in [1.54, 1.807) is 5.57 Å². The molecule has 1 nitrogen and oxygen atoms in total. The number of fused-ring (bicyclic) bond motifs is 3. The molecule has 0 radical (unpaired) electrons. The highest BCUT2D eigenvalue weighted by Crippen LogP contribution is 2.52. The molecule has 72 valence electrons. The monoisotopic (exact) mass is 178 g/mol. The molecule has 3 aliphatic carbocycles. The average molecular weight is 178 g/mol. The summed E-state index contributed by atoms with van der Waals surface area (Å²) in [4.78, 5) is 0. The third-order valence-electron chi connectivity index (χ3n) is 4.34. The number of rotatable bonds is 0. The maximum atomic E-state index is 9.99. The lowest BCUT2D eigenvalue weighted by Gasteiger charge is -2.30. The summed E-state index contributed by atoms with van der Waals surface area (Å²) in [5.74, 6) is 2.27. The van der Waals surface area contributed by atoms with Crippen molar-refractivity contribution in [2.24, 2.45) is 17.8 Å². The van der Waals surface area contributed by atoms with E-state index in [4.69, 9.17) is 0 Å². The lowest BCUT2D eigenvalue weighted by atomic mass is 9.78. The molecule has 1 heteroatoms. The minimum absolute atomic E-state index is 0.00639. The Kier molecular flexibility index (Phi) is 1.76. The second-order valence-corrected chi connectivity index (χ2v) is 5.00. The molecule has 3 aliphatic rings. The molecule has 0 amide bonds. The molecule has 4 atom stereocenters. The van der Waals surface area contributed by atoms with Crippen molar-refractivity contribution in [3.63, 3.8) is 0 Å². The number of hydrogen-bond donors (Lipinski definition) is 1. The zero-order chi connectivity index (χ0) is 8.84. The second-order valence-electron chi connectivity index (χ2n) is 5.00. The van der Waals surface area contributed by atoms with Gasteiger partial charge in [0.2, 0.25) is 0 Å². The highest BCUT2D eigenvalue weighted by molar-refractivity contribution is 5.24. The zero-order valence-electron chi connectivity index (χ0n) is 8.08. The Morgan fingerprint density at radius 2 is 2.15 bits per heavy atom. The quantitative estimate of drug-likeness (QED) is 0.565. The molecule has 1 N–H and O–H groups in total. The van der Waals surface area contributed by atoms with Crippen LogP contribution < -0.4 is 0 Å². The number of aliphatic hydroxyl groups is 1. The van der Waals surface area contributed by atoms with E-state index in [2.05, 4.69) is 6.08 Å². The van der Waals surface area contributed by atoms with Crippen LogP contribution in [0.3, 0.4) is 0 Å². The Morgan fingerprint density at radius 3 is 3.08 bits per heavy atom. The summed E-state index contributed by atoms with van der Waals surface area (Å²) in [6.07, 6.45) is 10.1. The lowest BCUT2D eigenvalue weighted by Crippen LogP contribution is -2.29. The first-order valence-electron chi connectivity index (χ1n) is 5.74. The third-order valence-corrected chi connectivity index (χ3v) is 4.34.